The molecule has 0 unspecified atom stereocenters. The Labute approximate surface area is 139 Å². The molecule has 0 bridgehead atoms. The van der Waals surface area contributed by atoms with E-state index in [0.717, 1.165) is 49.9 Å². The second-order valence-corrected chi connectivity index (χ2v) is 5.69. The largest absolute Gasteiger partial charge is 0.357 e. The van der Waals surface area contributed by atoms with Gasteiger partial charge < -0.3 is 15.2 Å². The van der Waals surface area contributed by atoms with Gasteiger partial charge in [0.2, 0.25) is 0 Å². The maximum absolute atomic E-state index is 4.66. The van der Waals surface area contributed by atoms with E-state index in [-0.39, 0.29) is 0 Å². The quantitative estimate of drug-likeness (QED) is 0.447. The van der Waals surface area contributed by atoms with E-state index in [4.69, 9.17) is 0 Å². The number of aryl methyl sites for hydroxylation is 2. The molecule has 1 heterocycles. The molecule has 0 saturated carbocycles. The zero-order valence-electron chi connectivity index (χ0n) is 14.6. The molecule has 0 amide bonds. The van der Waals surface area contributed by atoms with Crippen molar-refractivity contribution in [3.8, 4) is 0 Å². The van der Waals surface area contributed by atoms with E-state index in [1.54, 1.807) is 0 Å². The summed E-state index contributed by atoms with van der Waals surface area (Å²) >= 11 is 0. The molecule has 0 spiro atoms. The molecular weight excluding hydrogens is 286 g/mol. The summed E-state index contributed by atoms with van der Waals surface area (Å²) in [6.07, 6.45) is 3.37. The summed E-state index contributed by atoms with van der Waals surface area (Å²) in [5.74, 6) is 2.00. The number of unbranched alkanes of at least 4 members (excludes halogenated alkanes) is 1. The SMILES string of the molecule is CCCCNC(=NCCCn1c(C)nc2ccccc21)NCC. The fraction of sp³-hybridized carbons (Fsp3) is 0.556. The second-order valence-electron chi connectivity index (χ2n) is 5.69. The van der Waals surface area contributed by atoms with Gasteiger partial charge in [-0.15, -0.1) is 0 Å². The van der Waals surface area contributed by atoms with Crippen molar-refractivity contribution in [2.45, 2.75) is 46.6 Å². The minimum atomic E-state index is 0.813. The monoisotopic (exact) mass is 315 g/mol. The summed E-state index contributed by atoms with van der Waals surface area (Å²) < 4.78 is 2.28. The van der Waals surface area contributed by atoms with Crippen LogP contribution in [0.3, 0.4) is 0 Å². The minimum Gasteiger partial charge on any atom is -0.357 e. The zero-order chi connectivity index (χ0) is 16.5. The lowest BCUT2D eigenvalue weighted by atomic mass is 10.3. The Bertz CT molecular complexity index is 629. The molecule has 0 radical (unpaired) electrons. The van der Waals surface area contributed by atoms with Gasteiger partial charge in [0, 0.05) is 26.2 Å². The zero-order valence-corrected chi connectivity index (χ0v) is 14.6. The van der Waals surface area contributed by atoms with Crippen LogP contribution in [-0.2, 0) is 6.54 Å². The summed E-state index contributed by atoms with van der Waals surface area (Å²) in [5, 5.41) is 6.67. The number of aliphatic imine (C=N–C) groups is 1. The van der Waals surface area contributed by atoms with Crippen LogP contribution in [0.5, 0.6) is 0 Å². The number of imidazole rings is 1. The van der Waals surface area contributed by atoms with Crippen LogP contribution in [0.1, 0.15) is 38.9 Å². The highest BCUT2D eigenvalue weighted by Crippen LogP contribution is 2.15. The number of hydrogen-bond donors (Lipinski definition) is 2. The normalized spacial score (nSPS) is 11.9. The van der Waals surface area contributed by atoms with Crippen molar-refractivity contribution in [2.75, 3.05) is 19.6 Å². The van der Waals surface area contributed by atoms with E-state index < -0.39 is 0 Å². The number of rotatable bonds is 8. The lowest BCUT2D eigenvalue weighted by molar-refractivity contribution is 0.644. The van der Waals surface area contributed by atoms with Gasteiger partial charge in [-0.2, -0.15) is 0 Å². The molecule has 0 aliphatic carbocycles. The summed E-state index contributed by atoms with van der Waals surface area (Å²) in [4.78, 5) is 9.26. The molecule has 126 valence electrons. The smallest absolute Gasteiger partial charge is 0.191 e. The van der Waals surface area contributed by atoms with Crippen LogP contribution in [0.25, 0.3) is 11.0 Å². The van der Waals surface area contributed by atoms with Crippen LogP contribution in [-0.4, -0.2) is 35.1 Å². The Balaban J connectivity index is 1.89. The number of nitrogens with one attached hydrogen (secondary N) is 2. The molecule has 5 nitrogen and oxygen atoms in total. The molecule has 0 aliphatic rings. The van der Waals surface area contributed by atoms with E-state index in [1.807, 2.05) is 6.07 Å². The van der Waals surface area contributed by atoms with Gasteiger partial charge in [-0.05, 0) is 38.8 Å². The lowest BCUT2D eigenvalue weighted by Crippen LogP contribution is -2.37. The Hall–Kier alpha value is -2.04. The van der Waals surface area contributed by atoms with Crippen molar-refractivity contribution in [1.82, 2.24) is 20.2 Å². The number of fused-ring (bicyclic) bond motifs is 1. The number of benzene rings is 1. The number of nitrogens with zero attached hydrogens (tertiary/aromatic N) is 3. The molecule has 5 heteroatoms. The summed E-state index contributed by atoms with van der Waals surface area (Å²) in [6, 6.07) is 8.31. The predicted molar refractivity (Wildman–Crippen MR) is 98.0 cm³/mol. The van der Waals surface area contributed by atoms with Crippen molar-refractivity contribution < 1.29 is 0 Å². The first-order valence-corrected chi connectivity index (χ1v) is 8.70. The van der Waals surface area contributed by atoms with Gasteiger partial charge in [-0.3, -0.25) is 4.99 Å². The van der Waals surface area contributed by atoms with Crippen molar-refractivity contribution in [3.63, 3.8) is 0 Å². The van der Waals surface area contributed by atoms with Crippen molar-refractivity contribution in [2.24, 2.45) is 4.99 Å². The number of hydrogen-bond acceptors (Lipinski definition) is 2. The Morgan fingerprint density at radius 3 is 2.78 bits per heavy atom. The van der Waals surface area contributed by atoms with Gasteiger partial charge >= 0.3 is 0 Å². The van der Waals surface area contributed by atoms with E-state index >= 15 is 0 Å². The summed E-state index contributed by atoms with van der Waals surface area (Å²) in [6.45, 7) is 10.00. The molecule has 2 aromatic rings. The minimum absolute atomic E-state index is 0.813. The number of para-hydroxylation sites is 2. The van der Waals surface area contributed by atoms with E-state index in [0.29, 0.717) is 0 Å². The summed E-state index contributed by atoms with van der Waals surface area (Å²) in [5.41, 5.74) is 2.28. The average Bonchev–Trinajstić information content (AvgIpc) is 2.87. The Morgan fingerprint density at radius 1 is 1.17 bits per heavy atom. The molecule has 0 atom stereocenters. The fourth-order valence-corrected chi connectivity index (χ4v) is 2.62. The lowest BCUT2D eigenvalue weighted by Gasteiger charge is -2.11. The van der Waals surface area contributed by atoms with Gasteiger partial charge in [0.05, 0.1) is 11.0 Å². The number of guanidine groups is 1. The van der Waals surface area contributed by atoms with Crippen LogP contribution in [0, 0.1) is 6.92 Å². The third kappa shape index (κ3) is 4.98. The van der Waals surface area contributed by atoms with Crippen LogP contribution in [0.2, 0.25) is 0 Å². The fourth-order valence-electron chi connectivity index (χ4n) is 2.62. The first-order valence-electron chi connectivity index (χ1n) is 8.70. The van der Waals surface area contributed by atoms with Gasteiger partial charge in [0.15, 0.2) is 5.96 Å². The Morgan fingerprint density at radius 2 is 2.00 bits per heavy atom. The average molecular weight is 315 g/mol. The molecule has 0 aliphatic heterocycles. The molecule has 0 fully saturated rings. The van der Waals surface area contributed by atoms with E-state index in [2.05, 4.69) is 64.1 Å². The van der Waals surface area contributed by atoms with E-state index in [9.17, 15) is 0 Å². The standard InChI is InChI=1S/C18H29N5/c1-4-6-12-20-18(19-5-2)21-13-9-14-23-15(3)22-16-10-7-8-11-17(16)23/h7-8,10-11H,4-6,9,12-14H2,1-3H3,(H2,19,20,21). The molecule has 1 aromatic heterocycles. The maximum atomic E-state index is 4.66. The molecular formula is C18H29N5. The van der Waals surface area contributed by atoms with Crippen molar-refractivity contribution in [3.05, 3.63) is 30.1 Å². The van der Waals surface area contributed by atoms with Gasteiger partial charge in [-0.25, -0.2) is 4.98 Å². The third-order valence-corrected chi connectivity index (χ3v) is 3.82. The topological polar surface area (TPSA) is 54.2 Å². The van der Waals surface area contributed by atoms with Gasteiger partial charge in [0.1, 0.15) is 5.82 Å². The van der Waals surface area contributed by atoms with Crippen molar-refractivity contribution >= 4 is 17.0 Å². The maximum Gasteiger partial charge on any atom is 0.191 e. The molecule has 1 aromatic carbocycles. The Kier molecular flexibility index (Phi) is 6.91. The first-order chi connectivity index (χ1) is 11.3. The second kappa shape index (κ2) is 9.18. The van der Waals surface area contributed by atoms with Crippen LogP contribution >= 0.6 is 0 Å². The van der Waals surface area contributed by atoms with E-state index in [1.165, 1.54) is 18.4 Å². The molecule has 23 heavy (non-hydrogen) atoms. The van der Waals surface area contributed by atoms with Crippen molar-refractivity contribution in [1.29, 1.82) is 0 Å². The third-order valence-electron chi connectivity index (χ3n) is 3.82. The molecule has 0 saturated heterocycles. The van der Waals surface area contributed by atoms with Gasteiger partial charge in [0.25, 0.3) is 0 Å². The molecule has 2 rings (SSSR count). The van der Waals surface area contributed by atoms with Gasteiger partial charge in [-0.1, -0.05) is 25.5 Å². The van der Waals surface area contributed by atoms with Crippen LogP contribution in [0.4, 0.5) is 0 Å². The number of aromatic nitrogens is 2. The van der Waals surface area contributed by atoms with Crippen LogP contribution in [0.15, 0.2) is 29.3 Å². The first kappa shape index (κ1) is 17.3. The predicted octanol–water partition coefficient (Wildman–Crippen LogP) is 3.09. The highest BCUT2D eigenvalue weighted by Gasteiger charge is 2.05. The van der Waals surface area contributed by atoms with Crippen LogP contribution < -0.4 is 10.6 Å². The molecule has 2 N–H and O–H groups in total. The summed E-state index contributed by atoms with van der Waals surface area (Å²) in [7, 11) is 0. The highest BCUT2D eigenvalue weighted by atomic mass is 15.2. The highest BCUT2D eigenvalue weighted by molar-refractivity contribution is 5.79.